The second-order valence-electron chi connectivity index (χ2n) is 5.70. The lowest BCUT2D eigenvalue weighted by atomic mass is 10.2. The summed E-state index contributed by atoms with van der Waals surface area (Å²) in [6.45, 7) is 0. The Morgan fingerprint density at radius 2 is 1.83 bits per heavy atom. The number of H-pyrrole nitrogens is 1. The Labute approximate surface area is 162 Å². The summed E-state index contributed by atoms with van der Waals surface area (Å²) in [4.78, 5) is 36.4. The van der Waals surface area contributed by atoms with E-state index < -0.39 is 22.1 Å². The molecule has 0 spiro atoms. The summed E-state index contributed by atoms with van der Waals surface area (Å²) in [7, 11) is 1.49. The first-order valence-electron chi connectivity index (χ1n) is 8.17. The highest BCUT2D eigenvalue weighted by molar-refractivity contribution is 5.82. The number of nitro groups is 1. The highest BCUT2D eigenvalue weighted by atomic mass is 16.6. The van der Waals surface area contributed by atoms with Crippen molar-refractivity contribution in [3.63, 3.8) is 0 Å². The van der Waals surface area contributed by atoms with Gasteiger partial charge in [-0.25, -0.2) is 9.36 Å². The number of hydrogen-bond acceptors (Lipinski definition) is 8. The molecule has 3 rings (SSSR count). The van der Waals surface area contributed by atoms with Crippen molar-refractivity contribution in [1.82, 2.24) is 9.55 Å². The molecule has 0 aliphatic rings. The number of hydrogen-bond donors (Lipinski definition) is 3. The van der Waals surface area contributed by atoms with Gasteiger partial charge in [-0.3, -0.25) is 25.3 Å². The average Bonchev–Trinajstić information content (AvgIpc) is 2.71. The fourth-order valence-corrected chi connectivity index (χ4v) is 2.45. The minimum absolute atomic E-state index is 0.0832. The van der Waals surface area contributed by atoms with Crippen LogP contribution in [0.2, 0.25) is 0 Å². The molecular weight excluding hydrogens is 382 g/mol. The number of aromatic amines is 1. The van der Waals surface area contributed by atoms with Crippen molar-refractivity contribution in [3.8, 4) is 17.3 Å². The zero-order valence-corrected chi connectivity index (χ0v) is 15.0. The Kier molecular flexibility index (Phi) is 5.39. The maximum Gasteiger partial charge on any atom is 0.335 e. The predicted molar refractivity (Wildman–Crippen MR) is 105 cm³/mol. The van der Waals surface area contributed by atoms with E-state index in [9.17, 15) is 24.8 Å². The highest BCUT2D eigenvalue weighted by Crippen LogP contribution is 2.19. The van der Waals surface area contributed by atoms with E-state index in [1.54, 1.807) is 12.1 Å². The maximum atomic E-state index is 12.2. The van der Waals surface area contributed by atoms with Crippen LogP contribution >= 0.6 is 0 Å². The van der Waals surface area contributed by atoms with E-state index in [1.165, 1.54) is 43.5 Å². The smallest absolute Gasteiger partial charge is 0.335 e. The zero-order valence-electron chi connectivity index (χ0n) is 15.0. The molecule has 0 aliphatic carbocycles. The van der Waals surface area contributed by atoms with Crippen LogP contribution < -0.4 is 21.4 Å². The largest absolute Gasteiger partial charge is 0.497 e. The van der Waals surface area contributed by atoms with Crippen molar-refractivity contribution in [2.24, 2.45) is 5.10 Å². The molecule has 1 heterocycles. The minimum atomic E-state index is -0.827. The first-order valence-corrected chi connectivity index (χ1v) is 8.17. The molecule has 0 saturated heterocycles. The van der Waals surface area contributed by atoms with Crippen molar-refractivity contribution in [2.75, 3.05) is 12.5 Å². The first-order chi connectivity index (χ1) is 13.9. The van der Waals surface area contributed by atoms with E-state index in [-0.39, 0.29) is 11.3 Å². The molecule has 11 heteroatoms. The monoisotopic (exact) mass is 397 g/mol. The second-order valence-corrected chi connectivity index (χ2v) is 5.70. The molecule has 0 aliphatic heterocycles. The number of anilines is 1. The van der Waals surface area contributed by atoms with E-state index in [0.717, 1.165) is 10.8 Å². The Morgan fingerprint density at radius 1 is 1.17 bits per heavy atom. The molecule has 1 aromatic heterocycles. The molecule has 0 radical (unpaired) electrons. The summed E-state index contributed by atoms with van der Waals surface area (Å²) in [6, 6.07) is 11.7. The quantitative estimate of drug-likeness (QED) is 0.324. The number of nitro benzene ring substituents is 1. The number of non-ortho nitro benzene ring substituents is 1. The minimum Gasteiger partial charge on any atom is -0.497 e. The SMILES string of the molecule is COc1ccc(-n2c(O)c(C=NNc3ccc([N+](=O)[O-])cc3)c(=O)[nH]c2=O)cc1. The number of nitrogens with zero attached hydrogens (tertiary/aromatic N) is 3. The lowest BCUT2D eigenvalue weighted by Gasteiger charge is -2.10. The van der Waals surface area contributed by atoms with Crippen molar-refractivity contribution in [2.45, 2.75) is 0 Å². The van der Waals surface area contributed by atoms with Crippen LogP contribution in [0, 0.1) is 10.1 Å². The molecule has 11 nitrogen and oxygen atoms in total. The van der Waals surface area contributed by atoms with Crippen LogP contribution in [-0.2, 0) is 0 Å². The summed E-state index contributed by atoms with van der Waals surface area (Å²) in [6.07, 6.45) is 1.04. The van der Waals surface area contributed by atoms with Gasteiger partial charge in [-0.15, -0.1) is 0 Å². The zero-order chi connectivity index (χ0) is 21.0. The number of aromatic hydroxyl groups is 1. The van der Waals surface area contributed by atoms with E-state index in [2.05, 4.69) is 15.5 Å². The molecule has 148 valence electrons. The van der Waals surface area contributed by atoms with Crippen molar-refractivity contribution < 1.29 is 14.8 Å². The number of methoxy groups -OCH3 is 1. The summed E-state index contributed by atoms with van der Waals surface area (Å²) < 4.78 is 5.96. The van der Waals surface area contributed by atoms with Crippen LogP contribution in [0.25, 0.3) is 5.69 Å². The van der Waals surface area contributed by atoms with Crippen molar-refractivity contribution in [1.29, 1.82) is 0 Å². The second kappa shape index (κ2) is 8.08. The Morgan fingerprint density at radius 3 is 2.41 bits per heavy atom. The third-order valence-electron chi connectivity index (χ3n) is 3.92. The van der Waals surface area contributed by atoms with Crippen LogP contribution in [0.5, 0.6) is 11.6 Å². The number of hydrazone groups is 1. The summed E-state index contributed by atoms with van der Waals surface area (Å²) in [5.74, 6) is -0.0436. The van der Waals surface area contributed by atoms with Crippen LogP contribution in [0.15, 0.2) is 63.2 Å². The predicted octanol–water partition coefficient (Wildman–Crippen LogP) is 1.59. The van der Waals surface area contributed by atoms with Crippen LogP contribution in [-0.4, -0.2) is 32.9 Å². The number of benzene rings is 2. The van der Waals surface area contributed by atoms with Gasteiger partial charge in [-0.1, -0.05) is 0 Å². The average molecular weight is 397 g/mol. The molecule has 3 aromatic rings. The van der Waals surface area contributed by atoms with Crippen LogP contribution in [0.4, 0.5) is 11.4 Å². The Balaban J connectivity index is 1.90. The molecule has 29 heavy (non-hydrogen) atoms. The van der Waals surface area contributed by atoms with Gasteiger partial charge in [0.2, 0.25) is 5.88 Å². The molecule has 0 unspecified atom stereocenters. The maximum absolute atomic E-state index is 12.2. The molecule has 0 fully saturated rings. The van der Waals surface area contributed by atoms with Gasteiger partial charge in [0.05, 0.1) is 29.6 Å². The van der Waals surface area contributed by atoms with Gasteiger partial charge < -0.3 is 9.84 Å². The van der Waals surface area contributed by atoms with Gasteiger partial charge >= 0.3 is 5.69 Å². The van der Waals surface area contributed by atoms with E-state index >= 15 is 0 Å². The number of nitrogens with one attached hydrogen (secondary N) is 2. The summed E-state index contributed by atoms with van der Waals surface area (Å²) in [5.41, 5.74) is 1.33. The first kappa shape index (κ1) is 19.4. The van der Waals surface area contributed by atoms with E-state index in [1.807, 2.05) is 0 Å². The summed E-state index contributed by atoms with van der Waals surface area (Å²) >= 11 is 0. The van der Waals surface area contributed by atoms with Gasteiger partial charge in [0.25, 0.3) is 11.2 Å². The topological polar surface area (TPSA) is 152 Å². The fraction of sp³-hybridized carbons (Fsp3) is 0.0556. The lowest BCUT2D eigenvalue weighted by Crippen LogP contribution is -2.31. The fourth-order valence-electron chi connectivity index (χ4n) is 2.45. The van der Waals surface area contributed by atoms with Gasteiger partial charge in [0.15, 0.2) is 0 Å². The molecule has 2 aromatic carbocycles. The van der Waals surface area contributed by atoms with Crippen molar-refractivity contribution >= 4 is 17.6 Å². The molecule has 3 N–H and O–H groups in total. The van der Waals surface area contributed by atoms with E-state index in [4.69, 9.17) is 4.74 Å². The molecule has 0 amide bonds. The van der Waals surface area contributed by atoms with Crippen molar-refractivity contribution in [3.05, 3.63) is 85.0 Å². The van der Waals surface area contributed by atoms with Crippen LogP contribution in [0.3, 0.4) is 0 Å². The van der Waals surface area contributed by atoms with Crippen LogP contribution in [0.1, 0.15) is 5.56 Å². The van der Waals surface area contributed by atoms with Gasteiger partial charge in [-0.2, -0.15) is 5.10 Å². The molecule has 0 bridgehead atoms. The Bertz CT molecular complexity index is 1180. The number of aromatic nitrogens is 2. The van der Waals surface area contributed by atoms with Gasteiger partial charge in [0.1, 0.15) is 11.3 Å². The molecule has 0 saturated carbocycles. The van der Waals surface area contributed by atoms with E-state index in [0.29, 0.717) is 17.1 Å². The third kappa shape index (κ3) is 4.13. The summed E-state index contributed by atoms with van der Waals surface area (Å²) in [5, 5.41) is 24.9. The third-order valence-corrected chi connectivity index (χ3v) is 3.92. The highest BCUT2D eigenvalue weighted by Gasteiger charge is 2.14. The van der Waals surface area contributed by atoms with Gasteiger partial charge in [0, 0.05) is 12.1 Å². The standard InChI is InChI=1S/C18H15N5O6/c1-29-14-8-6-12(7-9-14)22-17(25)15(16(24)20-18(22)26)10-19-21-11-2-4-13(5-3-11)23(27)28/h2-10,21,25H,1H3,(H,20,24,26). The Hall–Kier alpha value is -4.41. The lowest BCUT2D eigenvalue weighted by molar-refractivity contribution is -0.384. The van der Waals surface area contributed by atoms with Gasteiger partial charge in [-0.05, 0) is 36.4 Å². The normalized spacial score (nSPS) is 10.8. The number of ether oxygens (including phenoxy) is 1. The number of rotatable bonds is 6. The molecular formula is C18H15N5O6. The molecule has 0 atom stereocenters.